The molecule has 1 N–H and O–H groups in total. The van der Waals surface area contributed by atoms with E-state index in [0.29, 0.717) is 17.9 Å². The first kappa shape index (κ1) is 9.37. The lowest BCUT2D eigenvalue weighted by Crippen LogP contribution is -2.09. The van der Waals surface area contributed by atoms with Gasteiger partial charge in [-0.2, -0.15) is 0 Å². The molecule has 1 fully saturated rings. The summed E-state index contributed by atoms with van der Waals surface area (Å²) in [6, 6.07) is 0. The van der Waals surface area contributed by atoms with E-state index >= 15 is 0 Å². The summed E-state index contributed by atoms with van der Waals surface area (Å²) < 4.78 is 13.6. The van der Waals surface area contributed by atoms with Crippen LogP contribution in [0.2, 0.25) is 0 Å². The molecule has 0 bridgehead atoms. The summed E-state index contributed by atoms with van der Waals surface area (Å²) >= 11 is 0. The van der Waals surface area contributed by atoms with Gasteiger partial charge in [0.15, 0.2) is 11.6 Å². The number of hydrogen-bond acceptors (Lipinski definition) is 3. The predicted octanol–water partition coefficient (Wildman–Crippen LogP) is 2.00. The van der Waals surface area contributed by atoms with E-state index < -0.39 is 0 Å². The van der Waals surface area contributed by atoms with Crippen molar-refractivity contribution < 1.29 is 4.39 Å². The highest BCUT2D eigenvalue weighted by Crippen LogP contribution is 2.29. The molecule has 1 aliphatic rings. The van der Waals surface area contributed by atoms with Crippen molar-refractivity contribution in [2.75, 3.05) is 11.9 Å². The van der Waals surface area contributed by atoms with Crippen LogP contribution in [0.3, 0.4) is 0 Å². The maximum Gasteiger partial charge on any atom is 0.186 e. The van der Waals surface area contributed by atoms with E-state index in [4.69, 9.17) is 0 Å². The van der Waals surface area contributed by atoms with Gasteiger partial charge in [0, 0.05) is 6.54 Å². The highest BCUT2D eigenvalue weighted by Gasteiger charge is 2.21. The van der Waals surface area contributed by atoms with Gasteiger partial charge in [0.1, 0.15) is 6.33 Å². The smallest absolute Gasteiger partial charge is 0.186 e. The minimum atomic E-state index is -0.296. The fourth-order valence-electron chi connectivity index (χ4n) is 1.34. The molecule has 1 aromatic heterocycles. The van der Waals surface area contributed by atoms with E-state index in [2.05, 4.69) is 15.3 Å². The molecule has 76 valence electrons. The number of rotatable bonds is 4. The van der Waals surface area contributed by atoms with Crippen molar-refractivity contribution in [3.63, 3.8) is 0 Å². The largest absolute Gasteiger partial charge is 0.367 e. The highest BCUT2D eigenvalue weighted by atomic mass is 19.1. The minimum absolute atomic E-state index is 0.296. The number of nitrogens with zero attached hydrogens (tertiary/aromatic N) is 2. The Hall–Kier alpha value is -1.19. The molecule has 4 heteroatoms. The van der Waals surface area contributed by atoms with Crippen molar-refractivity contribution in [2.45, 2.75) is 26.2 Å². The number of nitrogens with one attached hydrogen (secondary N) is 1. The summed E-state index contributed by atoms with van der Waals surface area (Å²) in [5.74, 6) is 0.772. The van der Waals surface area contributed by atoms with Crippen LogP contribution in [0.15, 0.2) is 6.33 Å². The Morgan fingerprint density at radius 3 is 2.93 bits per heavy atom. The SMILES string of the molecule is CCc1ncnc(NCC2CC2)c1F. The predicted molar refractivity (Wildman–Crippen MR) is 52.6 cm³/mol. The molecule has 0 amide bonds. The van der Waals surface area contributed by atoms with Crippen molar-refractivity contribution in [3.8, 4) is 0 Å². The van der Waals surface area contributed by atoms with Crippen molar-refractivity contribution in [1.29, 1.82) is 0 Å². The summed E-state index contributed by atoms with van der Waals surface area (Å²) in [5.41, 5.74) is 0.485. The summed E-state index contributed by atoms with van der Waals surface area (Å²) in [6.45, 7) is 2.72. The molecule has 0 aromatic carbocycles. The fraction of sp³-hybridized carbons (Fsp3) is 0.600. The Labute approximate surface area is 82.8 Å². The van der Waals surface area contributed by atoms with Gasteiger partial charge in [0.2, 0.25) is 0 Å². The van der Waals surface area contributed by atoms with Crippen LogP contribution in [0.4, 0.5) is 10.2 Å². The van der Waals surface area contributed by atoms with E-state index in [1.54, 1.807) is 0 Å². The van der Waals surface area contributed by atoms with Crippen LogP contribution in [-0.4, -0.2) is 16.5 Å². The summed E-state index contributed by atoms with van der Waals surface area (Å²) in [4.78, 5) is 7.76. The van der Waals surface area contributed by atoms with Crippen molar-refractivity contribution >= 4 is 5.82 Å². The Morgan fingerprint density at radius 2 is 2.29 bits per heavy atom. The van der Waals surface area contributed by atoms with Crippen LogP contribution in [-0.2, 0) is 6.42 Å². The summed E-state index contributed by atoms with van der Waals surface area (Å²) in [7, 11) is 0. The van der Waals surface area contributed by atoms with Crippen LogP contribution in [0.5, 0.6) is 0 Å². The third-order valence-corrected chi connectivity index (χ3v) is 2.45. The van der Waals surface area contributed by atoms with E-state index in [1.165, 1.54) is 19.2 Å². The topological polar surface area (TPSA) is 37.8 Å². The highest BCUT2D eigenvalue weighted by molar-refractivity contribution is 5.37. The molecule has 1 heterocycles. The van der Waals surface area contributed by atoms with Gasteiger partial charge in [-0.3, -0.25) is 0 Å². The molecule has 0 saturated heterocycles. The average Bonchev–Trinajstić information content (AvgIpc) is 3.00. The lowest BCUT2D eigenvalue weighted by molar-refractivity contribution is 0.596. The molecular formula is C10H14FN3. The van der Waals surface area contributed by atoms with Crippen molar-refractivity contribution in [2.24, 2.45) is 5.92 Å². The number of anilines is 1. The Kier molecular flexibility index (Phi) is 2.61. The second-order valence-corrected chi connectivity index (χ2v) is 3.66. The summed E-state index contributed by atoms with van der Waals surface area (Å²) in [6.07, 6.45) is 4.52. The van der Waals surface area contributed by atoms with Crippen molar-refractivity contribution in [3.05, 3.63) is 17.8 Å². The molecule has 0 spiro atoms. The zero-order valence-corrected chi connectivity index (χ0v) is 8.26. The number of halogens is 1. The standard InChI is InChI=1S/C10H14FN3/c1-2-8-9(11)10(14-6-13-8)12-5-7-3-4-7/h6-7H,2-5H2,1H3,(H,12,13,14). The van der Waals surface area contributed by atoms with E-state index in [1.807, 2.05) is 6.92 Å². The Balaban J connectivity index is 2.06. The Bertz CT molecular complexity index is 323. The van der Waals surface area contributed by atoms with Gasteiger partial charge in [-0.25, -0.2) is 14.4 Å². The van der Waals surface area contributed by atoms with Crippen LogP contribution < -0.4 is 5.32 Å². The lowest BCUT2D eigenvalue weighted by atomic mass is 10.3. The molecule has 1 aliphatic carbocycles. The monoisotopic (exact) mass is 195 g/mol. The molecular weight excluding hydrogens is 181 g/mol. The lowest BCUT2D eigenvalue weighted by Gasteiger charge is -2.06. The second kappa shape index (κ2) is 3.90. The maximum absolute atomic E-state index is 13.6. The third-order valence-electron chi connectivity index (χ3n) is 2.45. The number of hydrogen-bond donors (Lipinski definition) is 1. The molecule has 1 saturated carbocycles. The van der Waals surface area contributed by atoms with Crippen molar-refractivity contribution in [1.82, 2.24) is 9.97 Å². The van der Waals surface area contributed by atoms with E-state index in [9.17, 15) is 4.39 Å². The van der Waals surface area contributed by atoms with Gasteiger partial charge in [-0.15, -0.1) is 0 Å². The molecule has 0 aliphatic heterocycles. The van der Waals surface area contributed by atoms with E-state index in [0.717, 1.165) is 12.5 Å². The third kappa shape index (κ3) is 2.00. The normalized spacial score (nSPS) is 15.6. The summed E-state index contributed by atoms with van der Waals surface area (Å²) in [5, 5.41) is 3.02. The van der Waals surface area contributed by atoms with E-state index in [-0.39, 0.29) is 5.82 Å². The molecule has 14 heavy (non-hydrogen) atoms. The van der Waals surface area contributed by atoms with Crippen LogP contribution in [0.25, 0.3) is 0 Å². The second-order valence-electron chi connectivity index (χ2n) is 3.66. The van der Waals surface area contributed by atoms with Gasteiger partial charge in [0.05, 0.1) is 5.69 Å². The first-order chi connectivity index (χ1) is 6.81. The minimum Gasteiger partial charge on any atom is -0.367 e. The van der Waals surface area contributed by atoms with Gasteiger partial charge < -0.3 is 5.32 Å². The number of aromatic nitrogens is 2. The maximum atomic E-state index is 13.6. The Morgan fingerprint density at radius 1 is 1.50 bits per heavy atom. The van der Waals surface area contributed by atoms with Gasteiger partial charge >= 0.3 is 0 Å². The quantitative estimate of drug-likeness (QED) is 0.798. The fourth-order valence-corrected chi connectivity index (χ4v) is 1.34. The average molecular weight is 195 g/mol. The zero-order valence-electron chi connectivity index (χ0n) is 8.26. The number of aryl methyl sites for hydroxylation is 1. The van der Waals surface area contributed by atoms with Gasteiger partial charge in [-0.05, 0) is 25.2 Å². The van der Waals surface area contributed by atoms with Gasteiger partial charge in [-0.1, -0.05) is 6.92 Å². The molecule has 0 radical (unpaired) electrons. The van der Waals surface area contributed by atoms with Crippen LogP contribution >= 0.6 is 0 Å². The molecule has 0 atom stereocenters. The van der Waals surface area contributed by atoms with Crippen LogP contribution in [0.1, 0.15) is 25.5 Å². The first-order valence-corrected chi connectivity index (χ1v) is 5.04. The van der Waals surface area contributed by atoms with Crippen LogP contribution in [0, 0.1) is 11.7 Å². The molecule has 2 rings (SSSR count). The zero-order chi connectivity index (χ0) is 9.97. The first-order valence-electron chi connectivity index (χ1n) is 5.04. The molecule has 0 unspecified atom stereocenters. The molecule has 1 aromatic rings. The molecule has 3 nitrogen and oxygen atoms in total. The van der Waals surface area contributed by atoms with Gasteiger partial charge in [0.25, 0.3) is 0 Å².